The first kappa shape index (κ1) is 15.9. The standard InChI is InChI=1S/C16H16BrF2NO/c1-2-20-9-12-8-13(17)6-7-15(12)21-10-11-4-3-5-14(18)16(11)19/h3-8,20H,2,9-10H2,1H3. The summed E-state index contributed by atoms with van der Waals surface area (Å²) in [5.41, 5.74) is 1.16. The summed E-state index contributed by atoms with van der Waals surface area (Å²) in [6.45, 7) is 3.49. The maximum atomic E-state index is 13.6. The Hall–Kier alpha value is -1.46. The van der Waals surface area contributed by atoms with Crippen LogP contribution in [-0.4, -0.2) is 6.54 Å². The molecule has 0 aliphatic carbocycles. The second-order valence-corrected chi connectivity index (χ2v) is 5.45. The third kappa shape index (κ3) is 4.25. The van der Waals surface area contributed by atoms with Crippen molar-refractivity contribution >= 4 is 15.9 Å². The molecule has 1 N–H and O–H groups in total. The zero-order chi connectivity index (χ0) is 15.2. The minimum Gasteiger partial charge on any atom is -0.488 e. The predicted molar refractivity (Wildman–Crippen MR) is 82.2 cm³/mol. The molecule has 0 fully saturated rings. The van der Waals surface area contributed by atoms with E-state index >= 15 is 0 Å². The third-order valence-electron chi connectivity index (χ3n) is 3.00. The number of ether oxygens (including phenoxy) is 1. The number of halogens is 3. The summed E-state index contributed by atoms with van der Waals surface area (Å²) >= 11 is 3.41. The van der Waals surface area contributed by atoms with Gasteiger partial charge in [0.1, 0.15) is 12.4 Å². The van der Waals surface area contributed by atoms with E-state index in [1.165, 1.54) is 12.1 Å². The first-order valence-electron chi connectivity index (χ1n) is 6.66. The molecule has 0 aliphatic rings. The zero-order valence-electron chi connectivity index (χ0n) is 11.6. The van der Waals surface area contributed by atoms with Gasteiger partial charge in [0.15, 0.2) is 11.6 Å². The van der Waals surface area contributed by atoms with Crippen LogP contribution in [0.4, 0.5) is 8.78 Å². The Morgan fingerprint density at radius 3 is 2.71 bits per heavy atom. The molecule has 0 radical (unpaired) electrons. The number of benzene rings is 2. The van der Waals surface area contributed by atoms with E-state index < -0.39 is 11.6 Å². The average molecular weight is 356 g/mol. The highest BCUT2D eigenvalue weighted by molar-refractivity contribution is 9.10. The van der Waals surface area contributed by atoms with Crippen LogP contribution in [0.5, 0.6) is 5.75 Å². The molecule has 0 atom stereocenters. The molecule has 0 saturated carbocycles. The summed E-state index contributed by atoms with van der Waals surface area (Å²) in [7, 11) is 0. The highest BCUT2D eigenvalue weighted by Crippen LogP contribution is 2.24. The topological polar surface area (TPSA) is 21.3 Å². The van der Waals surface area contributed by atoms with Gasteiger partial charge in [-0.05, 0) is 30.8 Å². The lowest BCUT2D eigenvalue weighted by atomic mass is 10.2. The molecule has 2 rings (SSSR count). The minimum absolute atomic E-state index is 0.00957. The van der Waals surface area contributed by atoms with Crippen LogP contribution in [0.2, 0.25) is 0 Å². The van der Waals surface area contributed by atoms with Crippen molar-refractivity contribution < 1.29 is 13.5 Å². The predicted octanol–water partition coefficient (Wildman–Crippen LogP) is 4.42. The Morgan fingerprint density at radius 1 is 1.14 bits per heavy atom. The fourth-order valence-corrected chi connectivity index (χ4v) is 2.31. The van der Waals surface area contributed by atoms with Crippen LogP contribution >= 0.6 is 15.9 Å². The average Bonchev–Trinajstić information content (AvgIpc) is 2.48. The molecule has 0 aromatic heterocycles. The lowest BCUT2D eigenvalue weighted by Gasteiger charge is -2.13. The molecule has 0 amide bonds. The fourth-order valence-electron chi connectivity index (χ4n) is 1.90. The van der Waals surface area contributed by atoms with E-state index in [4.69, 9.17) is 4.74 Å². The molecule has 0 spiro atoms. The molecule has 2 nitrogen and oxygen atoms in total. The van der Waals surface area contributed by atoms with Gasteiger partial charge >= 0.3 is 0 Å². The number of nitrogens with one attached hydrogen (secondary N) is 1. The van der Waals surface area contributed by atoms with Gasteiger partial charge in [-0.3, -0.25) is 0 Å². The van der Waals surface area contributed by atoms with Crippen LogP contribution in [0.1, 0.15) is 18.1 Å². The van der Waals surface area contributed by atoms with Gasteiger partial charge in [0, 0.05) is 22.1 Å². The first-order valence-corrected chi connectivity index (χ1v) is 7.46. The van der Waals surface area contributed by atoms with Gasteiger partial charge in [-0.2, -0.15) is 0 Å². The normalized spacial score (nSPS) is 10.7. The zero-order valence-corrected chi connectivity index (χ0v) is 13.2. The van der Waals surface area contributed by atoms with Crippen LogP contribution in [0.25, 0.3) is 0 Å². The van der Waals surface area contributed by atoms with Gasteiger partial charge in [-0.15, -0.1) is 0 Å². The Labute approximate surface area is 131 Å². The second-order valence-electron chi connectivity index (χ2n) is 4.53. The Morgan fingerprint density at radius 2 is 1.95 bits per heavy atom. The molecule has 2 aromatic rings. The molecule has 21 heavy (non-hydrogen) atoms. The van der Waals surface area contributed by atoms with Crippen molar-refractivity contribution in [3.8, 4) is 5.75 Å². The van der Waals surface area contributed by atoms with Crippen molar-refractivity contribution in [1.82, 2.24) is 5.32 Å². The quantitative estimate of drug-likeness (QED) is 0.828. The van der Waals surface area contributed by atoms with Crippen LogP contribution in [0.15, 0.2) is 40.9 Å². The lowest BCUT2D eigenvalue weighted by molar-refractivity contribution is 0.293. The van der Waals surface area contributed by atoms with E-state index in [2.05, 4.69) is 21.2 Å². The summed E-state index contributed by atoms with van der Waals surface area (Å²) in [6.07, 6.45) is 0. The van der Waals surface area contributed by atoms with Gasteiger partial charge < -0.3 is 10.1 Å². The minimum atomic E-state index is -0.861. The molecular formula is C16H16BrF2NO. The molecule has 0 aliphatic heterocycles. The van der Waals surface area contributed by atoms with Gasteiger partial charge in [0.25, 0.3) is 0 Å². The maximum absolute atomic E-state index is 13.6. The van der Waals surface area contributed by atoms with Gasteiger partial charge in [-0.1, -0.05) is 35.0 Å². The fraction of sp³-hybridized carbons (Fsp3) is 0.250. The first-order chi connectivity index (χ1) is 10.1. The third-order valence-corrected chi connectivity index (χ3v) is 3.50. The summed E-state index contributed by atoms with van der Waals surface area (Å²) < 4.78 is 33.3. The van der Waals surface area contributed by atoms with E-state index in [0.29, 0.717) is 12.3 Å². The Kier molecular flexibility index (Phi) is 5.70. The van der Waals surface area contributed by atoms with Gasteiger partial charge in [-0.25, -0.2) is 8.78 Å². The Balaban J connectivity index is 2.14. The highest BCUT2D eigenvalue weighted by atomic mass is 79.9. The van der Waals surface area contributed by atoms with E-state index in [9.17, 15) is 8.78 Å². The summed E-state index contributed by atoms with van der Waals surface area (Å²) in [4.78, 5) is 0. The number of rotatable bonds is 6. The van der Waals surface area contributed by atoms with E-state index in [0.717, 1.165) is 22.6 Å². The van der Waals surface area contributed by atoms with Crippen molar-refractivity contribution in [2.24, 2.45) is 0 Å². The van der Waals surface area contributed by atoms with Gasteiger partial charge in [0.05, 0.1) is 0 Å². The van der Waals surface area contributed by atoms with Crippen LogP contribution in [0.3, 0.4) is 0 Å². The van der Waals surface area contributed by atoms with Gasteiger partial charge in [0.2, 0.25) is 0 Å². The van der Waals surface area contributed by atoms with Crippen LogP contribution in [-0.2, 0) is 13.2 Å². The highest BCUT2D eigenvalue weighted by Gasteiger charge is 2.10. The van der Waals surface area contributed by atoms with Crippen molar-refractivity contribution in [2.45, 2.75) is 20.1 Å². The van der Waals surface area contributed by atoms with Crippen molar-refractivity contribution in [2.75, 3.05) is 6.54 Å². The molecular weight excluding hydrogens is 340 g/mol. The van der Waals surface area contributed by atoms with E-state index in [1.54, 1.807) is 0 Å². The molecule has 2 aromatic carbocycles. The molecule has 0 saturated heterocycles. The summed E-state index contributed by atoms with van der Waals surface area (Å²) in [6, 6.07) is 9.69. The van der Waals surface area contributed by atoms with Crippen molar-refractivity contribution in [3.63, 3.8) is 0 Å². The smallest absolute Gasteiger partial charge is 0.165 e. The van der Waals surface area contributed by atoms with E-state index in [1.807, 2.05) is 25.1 Å². The van der Waals surface area contributed by atoms with Crippen LogP contribution in [0, 0.1) is 11.6 Å². The lowest BCUT2D eigenvalue weighted by Crippen LogP contribution is -2.13. The summed E-state index contributed by atoms with van der Waals surface area (Å²) in [5, 5.41) is 3.22. The van der Waals surface area contributed by atoms with Crippen molar-refractivity contribution in [1.29, 1.82) is 0 Å². The molecule has 5 heteroatoms. The van der Waals surface area contributed by atoms with E-state index in [-0.39, 0.29) is 12.2 Å². The maximum Gasteiger partial charge on any atom is 0.165 e. The van der Waals surface area contributed by atoms with Crippen molar-refractivity contribution in [3.05, 3.63) is 63.6 Å². The molecule has 0 heterocycles. The Bertz CT molecular complexity index is 619. The monoisotopic (exact) mass is 355 g/mol. The largest absolute Gasteiger partial charge is 0.488 e. The van der Waals surface area contributed by atoms with Crippen LogP contribution < -0.4 is 10.1 Å². The SMILES string of the molecule is CCNCc1cc(Br)ccc1OCc1cccc(F)c1F. The molecule has 0 bridgehead atoms. The number of hydrogen-bond acceptors (Lipinski definition) is 2. The number of hydrogen-bond donors (Lipinski definition) is 1. The second kappa shape index (κ2) is 7.52. The molecule has 0 unspecified atom stereocenters. The summed E-state index contributed by atoms with van der Waals surface area (Å²) in [5.74, 6) is -1.06. The molecule has 112 valence electrons.